The lowest BCUT2D eigenvalue weighted by Crippen LogP contribution is -2.37. The van der Waals surface area contributed by atoms with Crippen molar-refractivity contribution in [3.8, 4) is 0 Å². The molecule has 1 aliphatic rings. The predicted molar refractivity (Wildman–Crippen MR) is 67.2 cm³/mol. The number of nitro groups is 1. The molecule has 20 heavy (non-hydrogen) atoms. The van der Waals surface area contributed by atoms with Crippen molar-refractivity contribution < 1.29 is 18.5 Å². The Morgan fingerprint density at radius 3 is 2.80 bits per heavy atom. The van der Waals surface area contributed by atoms with E-state index in [0.717, 1.165) is 19.0 Å². The van der Waals surface area contributed by atoms with Crippen LogP contribution in [0, 0.1) is 27.7 Å². The third-order valence-electron chi connectivity index (χ3n) is 3.19. The van der Waals surface area contributed by atoms with Crippen LogP contribution in [0.25, 0.3) is 0 Å². The highest BCUT2D eigenvalue weighted by molar-refractivity contribution is 5.95. The van der Waals surface area contributed by atoms with E-state index >= 15 is 0 Å². The fraction of sp³-hybridized carbons (Fsp3) is 0.417. The third-order valence-corrected chi connectivity index (χ3v) is 3.19. The monoisotopic (exact) mass is 285 g/mol. The number of hydrogen-bond acceptors (Lipinski definition) is 4. The summed E-state index contributed by atoms with van der Waals surface area (Å²) in [5.41, 5.74) is -1.38. The smallest absolute Gasteiger partial charge is 0.296 e. The highest BCUT2D eigenvalue weighted by Crippen LogP contribution is 2.29. The number of nitrogens with one attached hydrogen (secondary N) is 2. The first-order chi connectivity index (χ1) is 9.50. The van der Waals surface area contributed by atoms with E-state index in [0.29, 0.717) is 19.0 Å². The summed E-state index contributed by atoms with van der Waals surface area (Å²) in [6.07, 6.45) is 1.38. The van der Waals surface area contributed by atoms with Crippen molar-refractivity contribution >= 4 is 17.3 Å². The number of anilines is 1. The molecule has 0 bridgehead atoms. The van der Waals surface area contributed by atoms with E-state index < -0.39 is 39.8 Å². The summed E-state index contributed by atoms with van der Waals surface area (Å²) in [5, 5.41) is 15.9. The van der Waals surface area contributed by atoms with Gasteiger partial charge in [0.25, 0.3) is 5.69 Å². The van der Waals surface area contributed by atoms with Gasteiger partial charge in [-0.2, -0.15) is 0 Å². The number of amides is 1. The summed E-state index contributed by atoms with van der Waals surface area (Å²) in [6, 6.07) is 1.48. The van der Waals surface area contributed by atoms with E-state index in [1.165, 1.54) is 0 Å². The molecular formula is C12H13F2N3O3. The van der Waals surface area contributed by atoms with Gasteiger partial charge in [0.1, 0.15) is 0 Å². The fourth-order valence-corrected chi connectivity index (χ4v) is 2.11. The Labute approximate surface area is 113 Å². The summed E-state index contributed by atoms with van der Waals surface area (Å²) in [7, 11) is 0. The van der Waals surface area contributed by atoms with Crippen molar-refractivity contribution in [2.24, 2.45) is 5.92 Å². The SMILES string of the molecule is O=C(Nc1c([N+](=O)[O-])ccc(F)c1F)[C@H]1CCCNC1. The van der Waals surface area contributed by atoms with Gasteiger partial charge in [-0.3, -0.25) is 14.9 Å². The van der Waals surface area contributed by atoms with Crippen molar-refractivity contribution in [1.82, 2.24) is 5.32 Å². The number of piperidine rings is 1. The summed E-state index contributed by atoms with van der Waals surface area (Å²) < 4.78 is 26.8. The normalized spacial score (nSPS) is 18.6. The van der Waals surface area contributed by atoms with Crippen LogP contribution in [0.5, 0.6) is 0 Å². The van der Waals surface area contributed by atoms with E-state index in [9.17, 15) is 23.7 Å². The van der Waals surface area contributed by atoms with E-state index in [1.54, 1.807) is 0 Å². The van der Waals surface area contributed by atoms with E-state index in [2.05, 4.69) is 10.6 Å². The van der Waals surface area contributed by atoms with Gasteiger partial charge in [0.15, 0.2) is 17.3 Å². The van der Waals surface area contributed by atoms with Crippen molar-refractivity contribution in [3.05, 3.63) is 33.9 Å². The maximum atomic E-state index is 13.6. The molecule has 2 rings (SSSR count). The summed E-state index contributed by atoms with van der Waals surface area (Å²) in [4.78, 5) is 21.9. The molecule has 0 unspecified atom stereocenters. The number of nitrogens with zero attached hydrogens (tertiary/aromatic N) is 1. The first kappa shape index (κ1) is 14.3. The molecule has 0 aliphatic carbocycles. The molecule has 0 radical (unpaired) electrons. The van der Waals surface area contributed by atoms with Crippen molar-refractivity contribution in [2.45, 2.75) is 12.8 Å². The van der Waals surface area contributed by atoms with Gasteiger partial charge in [0.2, 0.25) is 5.91 Å². The molecule has 6 nitrogen and oxygen atoms in total. The van der Waals surface area contributed by atoms with Gasteiger partial charge in [-0.05, 0) is 25.5 Å². The standard InChI is InChI=1S/C12H13F2N3O3/c13-8-3-4-9(17(19)20)11(10(8)14)16-12(18)7-2-1-5-15-6-7/h3-4,7,15H,1-2,5-6H2,(H,16,18)/t7-/m0/s1. The molecule has 0 aromatic heterocycles. The van der Waals surface area contributed by atoms with Crippen LogP contribution in [-0.2, 0) is 4.79 Å². The van der Waals surface area contributed by atoms with Gasteiger partial charge in [-0.1, -0.05) is 0 Å². The molecule has 0 saturated carbocycles. The van der Waals surface area contributed by atoms with Gasteiger partial charge in [0, 0.05) is 12.6 Å². The van der Waals surface area contributed by atoms with Crippen LogP contribution in [0.4, 0.5) is 20.2 Å². The number of rotatable bonds is 3. The molecular weight excluding hydrogens is 272 g/mol. The molecule has 1 aliphatic heterocycles. The van der Waals surface area contributed by atoms with Gasteiger partial charge in [-0.15, -0.1) is 0 Å². The molecule has 108 valence electrons. The molecule has 1 fully saturated rings. The average molecular weight is 285 g/mol. The zero-order valence-electron chi connectivity index (χ0n) is 10.5. The van der Waals surface area contributed by atoms with Crippen molar-refractivity contribution in [1.29, 1.82) is 0 Å². The van der Waals surface area contributed by atoms with Crippen molar-refractivity contribution in [2.75, 3.05) is 18.4 Å². The van der Waals surface area contributed by atoms with E-state index in [-0.39, 0.29) is 0 Å². The molecule has 8 heteroatoms. The lowest BCUT2D eigenvalue weighted by atomic mass is 9.98. The molecule has 1 aromatic carbocycles. The minimum absolute atomic E-state index is 0.411. The maximum absolute atomic E-state index is 13.6. The first-order valence-electron chi connectivity index (χ1n) is 6.14. The highest BCUT2D eigenvalue weighted by atomic mass is 19.2. The van der Waals surface area contributed by atoms with Gasteiger partial charge < -0.3 is 10.6 Å². The number of nitro benzene ring substituents is 1. The van der Waals surface area contributed by atoms with Crippen LogP contribution in [0.2, 0.25) is 0 Å². The Morgan fingerprint density at radius 1 is 1.45 bits per heavy atom. The second kappa shape index (κ2) is 5.91. The molecule has 2 N–H and O–H groups in total. The number of hydrogen-bond donors (Lipinski definition) is 2. The zero-order chi connectivity index (χ0) is 14.7. The first-order valence-corrected chi connectivity index (χ1v) is 6.14. The van der Waals surface area contributed by atoms with Crippen LogP contribution < -0.4 is 10.6 Å². The van der Waals surface area contributed by atoms with Gasteiger partial charge >= 0.3 is 0 Å². The Hall–Kier alpha value is -2.09. The minimum atomic E-state index is -1.42. The Kier molecular flexibility index (Phi) is 4.23. The summed E-state index contributed by atoms with van der Waals surface area (Å²) in [6.45, 7) is 1.20. The molecule has 0 spiro atoms. The average Bonchev–Trinajstić information content (AvgIpc) is 2.44. The number of halogens is 2. The number of carbonyl (C=O) groups is 1. The van der Waals surface area contributed by atoms with Gasteiger partial charge in [-0.25, -0.2) is 8.78 Å². The summed E-state index contributed by atoms with van der Waals surface area (Å²) in [5.74, 6) is -3.63. The van der Waals surface area contributed by atoms with Gasteiger partial charge in [0.05, 0.1) is 10.8 Å². The predicted octanol–water partition coefficient (Wildman–Crippen LogP) is 1.81. The quantitative estimate of drug-likeness (QED) is 0.655. The molecule has 1 amide bonds. The second-order valence-corrected chi connectivity index (χ2v) is 4.55. The van der Waals surface area contributed by atoms with Crippen molar-refractivity contribution in [3.63, 3.8) is 0 Å². The molecule has 1 heterocycles. The van der Waals surface area contributed by atoms with Crippen LogP contribution >= 0.6 is 0 Å². The largest absolute Gasteiger partial charge is 0.318 e. The van der Waals surface area contributed by atoms with Crippen LogP contribution in [0.15, 0.2) is 12.1 Å². The Balaban J connectivity index is 2.25. The Morgan fingerprint density at radius 2 is 2.20 bits per heavy atom. The van der Waals surface area contributed by atoms with E-state index in [4.69, 9.17) is 0 Å². The zero-order valence-corrected chi connectivity index (χ0v) is 10.5. The molecule has 1 aromatic rings. The highest BCUT2D eigenvalue weighted by Gasteiger charge is 2.27. The van der Waals surface area contributed by atoms with Crippen LogP contribution in [0.3, 0.4) is 0 Å². The fourth-order valence-electron chi connectivity index (χ4n) is 2.11. The van der Waals surface area contributed by atoms with Crippen LogP contribution in [0.1, 0.15) is 12.8 Å². The maximum Gasteiger partial charge on any atom is 0.296 e. The Bertz CT molecular complexity index is 545. The number of carbonyl (C=O) groups excluding carboxylic acids is 1. The summed E-state index contributed by atoms with van der Waals surface area (Å²) >= 11 is 0. The molecule has 1 atom stereocenters. The third kappa shape index (κ3) is 2.90. The topological polar surface area (TPSA) is 84.3 Å². The number of benzene rings is 1. The minimum Gasteiger partial charge on any atom is -0.318 e. The lowest BCUT2D eigenvalue weighted by molar-refractivity contribution is -0.384. The molecule has 1 saturated heterocycles. The second-order valence-electron chi connectivity index (χ2n) is 4.55. The van der Waals surface area contributed by atoms with E-state index in [1.807, 2.05) is 0 Å². The van der Waals surface area contributed by atoms with Crippen LogP contribution in [-0.4, -0.2) is 23.9 Å². The lowest BCUT2D eigenvalue weighted by Gasteiger charge is -2.21.